The summed E-state index contributed by atoms with van der Waals surface area (Å²) < 4.78 is 10.8. The van der Waals surface area contributed by atoms with Gasteiger partial charge in [0.05, 0.1) is 12.8 Å². The second-order valence-corrected chi connectivity index (χ2v) is 6.42. The van der Waals surface area contributed by atoms with E-state index in [2.05, 4.69) is 30.7 Å². The van der Waals surface area contributed by atoms with Gasteiger partial charge in [-0.15, -0.1) is 11.3 Å². The van der Waals surface area contributed by atoms with Gasteiger partial charge in [0.1, 0.15) is 6.61 Å². The normalized spacial score (nSPS) is 10.9. The SMILES string of the molecule is C=CCOc1ccc(/C=C/C(=O)Nc2nc(C(C)C)cs2)cc1OC. The predicted molar refractivity (Wildman–Crippen MR) is 103 cm³/mol. The van der Waals surface area contributed by atoms with Gasteiger partial charge in [-0.2, -0.15) is 0 Å². The van der Waals surface area contributed by atoms with E-state index >= 15 is 0 Å². The van der Waals surface area contributed by atoms with Crippen LogP contribution in [0, 0.1) is 0 Å². The standard InChI is InChI=1S/C19H22N2O3S/c1-5-10-24-16-8-6-14(11-17(16)23-4)7-9-18(22)21-19-20-15(12-25-19)13(2)3/h5-9,11-13H,1,10H2,2-4H3,(H,20,21,22)/b9-7+. The number of carbonyl (C=O) groups excluding carboxylic acids is 1. The number of benzene rings is 1. The molecule has 132 valence electrons. The molecule has 0 aliphatic carbocycles. The molecule has 0 fully saturated rings. The minimum Gasteiger partial charge on any atom is -0.493 e. The molecule has 5 nitrogen and oxygen atoms in total. The van der Waals surface area contributed by atoms with Crippen molar-refractivity contribution in [3.63, 3.8) is 0 Å². The van der Waals surface area contributed by atoms with Crippen LogP contribution in [0.25, 0.3) is 6.08 Å². The smallest absolute Gasteiger partial charge is 0.250 e. The van der Waals surface area contributed by atoms with Crippen molar-refractivity contribution in [1.82, 2.24) is 4.98 Å². The van der Waals surface area contributed by atoms with E-state index in [9.17, 15) is 4.79 Å². The fourth-order valence-electron chi connectivity index (χ4n) is 1.98. The van der Waals surface area contributed by atoms with Gasteiger partial charge in [-0.25, -0.2) is 4.98 Å². The highest BCUT2D eigenvalue weighted by atomic mass is 32.1. The molecular formula is C19H22N2O3S. The first-order chi connectivity index (χ1) is 12.0. The van der Waals surface area contributed by atoms with Crippen LogP contribution in [-0.4, -0.2) is 24.6 Å². The molecule has 0 spiro atoms. The number of nitrogens with zero attached hydrogens (tertiary/aromatic N) is 1. The Morgan fingerprint density at radius 2 is 2.20 bits per heavy atom. The first-order valence-electron chi connectivity index (χ1n) is 7.89. The van der Waals surface area contributed by atoms with Crippen molar-refractivity contribution in [2.24, 2.45) is 0 Å². The minimum absolute atomic E-state index is 0.226. The molecule has 1 heterocycles. The molecule has 0 bridgehead atoms. The van der Waals surface area contributed by atoms with Gasteiger partial charge in [0.2, 0.25) is 5.91 Å². The van der Waals surface area contributed by atoms with E-state index in [1.807, 2.05) is 17.5 Å². The van der Waals surface area contributed by atoms with E-state index in [1.165, 1.54) is 17.4 Å². The molecule has 0 atom stereocenters. The average molecular weight is 358 g/mol. The van der Waals surface area contributed by atoms with E-state index in [4.69, 9.17) is 9.47 Å². The van der Waals surface area contributed by atoms with Gasteiger partial charge in [-0.3, -0.25) is 10.1 Å². The van der Waals surface area contributed by atoms with Crippen LogP contribution in [0.2, 0.25) is 0 Å². The molecule has 0 aliphatic rings. The van der Waals surface area contributed by atoms with E-state index in [0.717, 1.165) is 11.3 Å². The summed E-state index contributed by atoms with van der Waals surface area (Å²) in [5, 5.41) is 5.33. The Morgan fingerprint density at radius 1 is 1.40 bits per heavy atom. The van der Waals surface area contributed by atoms with Crippen LogP contribution in [-0.2, 0) is 4.79 Å². The number of hydrogen-bond acceptors (Lipinski definition) is 5. The number of hydrogen-bond donors (Lipinski definition) is 1. The van der Waals surface area contributed by atoms with Crippen molar-refractivity contribution in [2.45, 2.75) is 19.8 Å². The van der Waals surface area contributed by atoms with Crippen molar-refractivity contribution in [1.29, 1.82) is 0 Å². The number of thiazole rings is 1. The zero-order chi connectivity index (χ0) is 18.2. The predicted octanol–water partition coefficient (Wildman–Crippen LogP) is 4.49. The van der Waals surface area contributed by atoms with Crippen LogP contribution >= 0.6 is 11.3 Å². The van der Waals surface area contributed by atoms with Crippen LogP contribution in [0.15, 0.2) is 42.3 Å². The molecule has 1 aromatic carbocycles. The Hall–Kier alpha value is -2.60. The van der Waals surface area contributed by atoms with Crippen LogP contribution in [0.1, 0.15) is 31.0 Å². The molecule has 2 aromatic rings. The Labute approximate surface area is 152 Å². The van der Waals surface area contributed by atoms with Crippen molar-refractivity contribution in [3.05, 3.63) is 53.6 Å². The molecule has 25 heavy (non-hydrogen) atoms. The molecule has 0 unspecified atom stereocenters. The number of carbonyl (C=O) groups is 1. The van der Waals surface area contributed by atoms with E-state index in [-0.39, 0.29) is 5.91 Å². The number of anilines is 1. The Balaban J connectivity index is 2.02. The average Bonchev–Trinajstić information content (AvgIpc) is 3.07. The van der Waals surface area contributed by atoms with Gasteiger partial charge < -0.3 is 9.47 Å². The molecule has 2 rings (SSSR count). The lowest BCUT2D eigenvalue weighted by molar-refractivity contribution is -0.111. The zero-order valence-electron chi connectivity index (χ0n) is 14.6. The summed E-state index contributed by atoms with van der Waals surface area (Å²) in [6.07, 6.45) is 4.85. The quantitative estimate of drug-likeness (QED) is 0.558. The highest BCUT2D eigenvalue weighted by Crippen LogP contribution is 2.28. The number of aromatic nitrogens is 1. The third-order valence-corrected chi connectivity index (χ3v) is 4.09. The highest BCUT2D eigenvalue weighted by molar-refractivity contribution is 7.14. The first-order valence-corrected chi connectivity index (χ1v) is 8.77. The summed E-state index contributed by atoms with van der Waals surface area (Å²) in [4.78, 5) is 16.4. The van der Waals surface area contributed by atoms with Gasteiger partial charge in [0.15, 0.2) is 16.6 Å². The van der Waals surface area contributed by atoms with Crippen molar-refractivity contribution >= 4 is 28.5 Å². The van der Waals surface area contributed by atoms with Crippen LogP contribution in [0.4, 0.5) is 5.13 Å². The van der Waals surface area contributed by atoms with Crippen LogP contribution in [0.5, 0.6) is 11.5 Å². The van der Waals surface area contributed by atoms with E-state index in [1.54, 1.807) is 25.3 Å². The Kier molecular flexibility index (Phi) is 6.77. The zero-order valence-corrected chi connectivity index (χ0v) is 15.4. The molecule has 1 aromatic heterocycles. The van der Waals surface area contributed by atoms with Crippen molar-refractivity contribution < 1.29 is 14.3 Å². The number of methoxy groups -OCH3 is 1. The van der Waals surface area contributed by atoms with Gasteiger partial charge in [-0.1, -0.05) is 32.6 Å². The van der Waals surface area contributed by atoms with E-state index in [0.29, 0.717) is 29.2 Å². The molecule has 0 saturated heterocycles. The maximum Gasteiger partial charge on any atom is 0.250 e. The molecule has 0 aliphatic heterocycles. The van der Waals surface area contributed by atoms with Crippen molar-refractivity contribution in [2.75, 3.05) is 19.0 Å². The Morgan fingerprint density at radius 3 is 2.84 bits per heavy atom. The third-order valence-electron chi connectivity index (χ3n) is 3.32. The number of ether oxygens (including phenoxy) is 2. The topological polar surface area (TPSA) is 60.5 Å². The lowest BCUT2D eigenvalue weighted by Gasteiger charge is -2.09. The van der Waals surface area contributed by atoms with Gasteiger partial charge >= 0.3 is 0 Å². The summed E-state index contributed by atoms with van der Waals surface area (Å²) in [5.41, 5.74) is 1.81. The molecule has 0 saturated carbocycles. The summed E-state index contributed by atoms with van der Waals surface area (Å²) in [7, 11) is 1.57. The maximum atomic E-state index is 12.0. The second-order valence-electron chi connectivity index (χ2n) is 5.56. The summed E-state index contributed by atoms with van der Waals surface area (Å²) >= 11 is 1.42. The molecule has 6 heteroatoms. The van der Waals surface area contributed by atoms with Gasteiger partial charge in [-0.05, 0) is 29.7 Å². The Bertz CT molecular complexity index is 766. The lowest BCUT2D eigenvalue weighted by atomic mass is 10.2. The maximum absolute atomic E-state index is 12.0. The molecular weight excluding hydrogens is 336 g/mol. The van der Waals surface area contributed by atoms with E-state index < -0.39 is 0 Å². The third kappa shape index (κ3) is 5.46. The molecule has 1 amide bonds. The van der Waals surface area contributed by atoms with Crippen molar-refractivity contribution in [3.8, 4) is 11.5 Å². The fraction of sp³-hybridized carbons (Fsp3) is 0.263. The first kappa shape index (κ1) is 18.7. The summed E-state index contributed by atoms with van der Waals surface area (Å²) in [6.45, 7) is 8.15. The lowest BCUT2D eigenvalue weighted by Crippen LogP contribution is -2.07. The van der Waals surface area contributed by atoms with Gasteiger partial charge in [0, 0.05) is 11.5 Å². The van der Waals surface area contributed by atoms with Crippen LogP contribution < -0.4 is 14.8 Å². The molecule has 1 N–H and O–H groups in total. The number of amides is 1. The fourth-order valence-corrected chi connectivity index (χ4v) is 2.86. The van der Waals surface area contributed by atoms with Gasteiger partial charge in [0.25, 0.3) is 0 Å². The monoisotopic (exact) mass is 358 g/mol. The largest absolute Gasteiger partial charge is 0.493 e. The second kappa shape index (κ2) is 9.03. The summed E-state index contributed by atoms with van der Waals surface area (Å²) in [5.74, 6) is 1.35. The highest BCUT2D eigenvalue weighted by Gasteiger charge is 2.08. The number of rotatable bonds is 8. The van der Waals surface area contributed by atoms with Crippen LogP contribution in [0.3, 0.4) is 0 Å². The molecule has 0 radical (unpaired) electrons. The number of nitrogens with one attached hydrogen (secondary N) is 1. The minimum atomic E-state index is -0.226. The summed E-state index contributed by atoms with van der Waals surface area (Å²) in [6, 6.07) is 5.46.